The Morgan fingerprint density at radius 2 is 1.93 bits per heavy atom. The molecule has 1 aromatic carbocycles. The summed E-state index contributed by atoms with van der Waals surface area (Å²) in [5.74, 6) is 0.530. The fourth-order valence-corrected chi connectivity index (χ4v) is 3.67. The van der Waals surface area contributed by atoms with Crippen molar-refractivity contribution in [3.8, 4) is 0 Å². The molecule has 10 heteroatoms. The molecule has 0 bridgehead atoms. The lowest BCUT2D eigenvalue weighted by Crippen LogP contribution is -2.50. The van der Waals surface area contributed by atoms with E-state index in [4.69, 9.17) is 4.74 Å². The molecule has 0 N–H and O–H groups in total. The molecule has 0 radical (unpaired) electrons. The smallest absolute Gasteiger partial charge is 0.293 e. The van der Waals surface area contributed by atoms with Crippen LogP contribution in [0.25, 0.3) is 0 Å². The summed E-state index contributed by atoms with van der Waals surface area (Å²) < 4.78 is 28.7. The number of carbonyl (C=O) groups is 1. The maximum Gasteiger partial charge on any atom is 0.293 e. The monoisotopic (exact) mass is 397 g/mol. The van der Waals surface area contributed by atoms with Crippen molar-refractivity contribution in [1.29, 1.82) is 0 Å². The van der Waals surface area contributed by atoms with Crippen molar-refractivity contribution in [3.05, 3.63) is 28.3 Å². The molecule has 9 nitrogen and oxygen atoms in total. The summed E-state index contributed by atoms with van der Waals surface area (Å²) >= 11 is 0. The molecule has 148 valence electrons. The molecule has 1 saturated carbocycles. The molecule has 1 amide bonds. The number of ether oxygens (including phenoxy) is 1. The number of nitro groups is 1. The molecule has 2 fully saturated rings. The van der Waals surface area contributed by atoms with Gasteiger partial charge in [0.2, 0.25) is 5.91 Å². The molecule has 0 aromatic heterocycles. The molecule has 1 aromatic rings. The van der Waals surface area contributed by atoms with Crippen molar-refractivity contribution in [2.24, 2.45) is 5.92 Å². The fraction of sp³-hybridized carbons (Fsp3) is 0.588. The van der Waals surface area contributed by atoms with Gasteiger partial charge in [0.15, 0.2) is 9.84 Å². The van der Waals surface area contributed by atoms with Crippen molar-refractivity contribution in [2.45, 2.75) is 17.7 Å². The molecular formula is C17H23N3O6S. The number of amides is 1. The first-order valence-electron chi connectivity index (χ1n) is 8.84. The van der Waals surface area contributed by atoms with E-state index in [1.165, 1.54) is 25.0 Å². The van der Waals surface area contributed by atoms with Crippen molar-refractivity contribution in [1.82, 2.24) is 4.90 Å². The average Bonchev–Trinajstić information content (AvgIpc) is 3.45. The molecule has 2 aliphatic rings. The normalized spacial score (nSPS) is 17.8. The van der Waals surface area contributed by atoms with Gasteiger partial charge in [0.25, 0.3) is 5.69 Å². The van der Waals surface area contributed by atoms with Gasteiger partial charge >= 0.3 is 0 Å². The number of hydrogen-bond donors (Lipinski definition) is 0. The minimum atomic E-state index is -3.53. The minimum Gasteiger partial charge on any atom is -0.371 e. The zero-order chi connectivity index (χ0) is 19.6. The van der Waals surface area contributed by atoms with Gasteiger partial charge in [0.05, 0.1) is 16.4 Å². The second kappa shape index (κ2) is 7.81. The summed E-state index contributed by atoms with van der Waals surface area (Å²) in [6.45, 7) is 2.46. The van der Waals surface area contributed by atoms with E-state index >= 15 is 0 Å². The van der Waals surface area contributed by atoms with Crippen LogP contribution in [0.15, 0.2) is 23.1 Å². The molecule has 1 saturated heterocycles. The maximum atomic E-state index is 12.2. The predicted octanol–water partition coefficient (Wildman–Crippen LogP) is 1.07. The third kappa shape index (κ3) is 4.95. The zero-order valence-electron chi connectivity index (χ0n) is 15.2. The Labute approximate surface area is 158 Å². The molecule has 0 atom stereocenters. The second-order valence-corrected chi connectivity index (χ2v) is 9.02. The predicted molar refractivity (Wildman–Crippen MR) is 98.5 cm³/mol. The van der Waals surface area contributed by atoms with Crippen LogP contribution in [0.5, 0.6) is 0 Å². The van der Waals surface area contributed by atoms with Crippen LogP contribution in [0.3, 0.4) is 0 Å². The van der Waals surface area contributed by atoms with E-state index in [0.717, 1.165) is 12.3 Å². The molecular weight excluding hydrogens is 374 g/mol. The number of piperazine rings is 1. The quantitative estimate of drug-likeness (QED) is 0.500. The van der Waals surface area contributed by atoms with E-state index < -0.39 is 14.8 Å². The first-order chi connectivity index (χ1) is 12.8. The van der Waals surface area contributed by atoms with E-state index in [2.05, 4.69) is 0 Å². The molecule has 0 unspecified atom stereocenters. The lowest BCUT2D eigenvalue weighted by molar-refractivity contribution is -0.384. The molecule has 1 aliphatic carbocycles. The van der Waals surface area contributed by atoms with E-state index in [-0.39, 0.29) is 23.1 Å². The van der Waals surface area contributed by atoms with Gasteiger partial charge < -0.3 is 14.5 Å². The highest BCUT2D eigenvalue weighted by Gasteiger charge is 2.28. The summed E-state index contributed by atoms with van der Waals surface area (Å²) in [7, 11) is -3.53. The standard InChI is InChI=1S/C17H23N3O6S/c1-27(24,25)14-4-5-15(16(10-14)20(22)23)18-6-8-19(9-7-18)17(21)12-26-11-13-2-3-13/h4-5,10,13H,2-3,6-9,11-12H2,1H3. The van der Waals surface area contributed by atoms with Gasteiger partial charge in [-0.25, -0.2) is 8.42 Å². The highest BCUT2D eigenvalue weighted by Crippen LogP contribution is 2.31. The van der Waals surface area contributed by atoms with E-state index in [0.29, 0.717) is 44.4 Å². The fourth-order valence-electron chi connectivity index (χ4n) is 3.03. The maximum absolute atomic E-state index is 12.2. The van der Waals surface area contributed by atoms with Crippen LogP contribution in [0.2, 0.25) is 0 Å². The topological polar surface area (TPSA) is 110 Å². The largest absolute Gasteiger partial charge is 0.371 e. The van der Waals surface area contributed by atoms with Gasteiger partial charge in [-0.1, -0.05) is 0 Å². The number of anilines is 1. The highest BCUT2D eigenvalue weighted by molar-refractivity contribution is 7.90. The van der Waals surface area contributed by atoms with Crippen molar-refractivity contribution in [2.75, 3.05) is 50.5 Å². The number of sulfone groups is 1. The highest BCUT2D eigenvalue weighted by atomic mass is 32.2. The summed E-state index contributed by atoms with van der Waals surface area (Å²) in [6, 6.07) is 3.93. The van der Waals surface area contributed by atoms with Crippen LogP contribution in [0.4, 0.5) is 11.4 Å². The Morgan fingerprint density at radius 1 is 1.26 bits per heavy atom. The van der Waals surface area contributed by atoms with Crippen molar-refractivity contribution >= 4 is 27.1 Å². The van der Waals surface area contributed by atoms with Gasteiger partial charge in [-0.15, -0.1) is 0 Å². The lowest BCUT2D eigenvalue weighted by Gasteiger charge is -2.35. The number of rotatable bonds is 7. The molecule has 3 rings (SSSR count). The van der Waals surface area contributed by atoms with Crippen LogP contribution in [-0.2, 0) is 19.4 Å². The van der Waals surface area contributed by atoms with Gasteiger partial charge in [-0.05, 0) is 30.9 Å². The van der Waals surface area contributed by atoms with Crippen LogP contribution in [0.1, 0.15) is 12.8 Å². The average molecular weight is 397 g/mol. The number of nitro benzene ring substituents is 1. The Hall–Kier alpha value is -2.20. The first kappa shape index (κ1) is 19.6. The van der Waals surface area contributed by atoms with Gasteiger partial charge in [-0.3, -0.25) is 14.9 Å². The number of carbonyl (C=O) groups excluding carboxylic acids is 1. The summed E-state index contributed by atoms with van der Waals surface area (Å²) in [4.78, 5) is 26.4. The Balaban J connectivity index is 1.63. The molecule has 0 spiro atoms. The second-order valence-electron chi connectivity index (χ2n) is 7.01. The van der Waals surface area contributed by atoms with Gasteiger partial charge in [-0.2, -0.15) is 0 Å². The summed E-state index contributed by atoms with van der Waals surface area (Å²) in [6.07, 6.45) is 3.36. The van der Waals surface area contributed by atoms with Crippen LogP contribution in [-0.4, -0.2) is 69.8 Å². The SMILES string of the molecule is CS(=O)(=O)c1ccc(N2CCN(C(=O)COCC3CC3)CC2)c([N+](=O)[O-])c1. The number of nitrogens with zero attached hydrogens (tertiary/aromatic N) is 3. The minimum absolute atomic E-state index is 0.0692. The van der Waals surface area contributed by atoms with Crippen LogP contribution in [0, 0.1) is 16.0 Å². The van der Waals surface area contributed by atoms with Gasteiger partial charge in [0.1, 0.15) is 12.3 Å². The third-order valence-corrected chi connectivity index (χ3v) is 5.93. The summed E-state index contributed by atoms with van der Waals surface area (Å²) in [5, 5.41) is 11.4. The molecule has 27 heavy (non-hydrogen) atoms. The molecule has 1 heterocycles. The number of hydrogen-bond acceptors (Lipinski definition) is 7. The summed E-state index contributed by atoms with van der Waals surface area (Å²) in [5.41, 5.74) is 0.120. The molecule has 1 aliphatic heterocycles. The first-order valence-corrected chi connectivity index (χ1v) is 10.7. The van der Waals surface area contributed by atoms with Gasteiger partial charge in [0, 0.05) is 38.5 Å². The number of benzene rings is 1. The lowest BCUT2D eigenvalue weighted by atomic mass is 10.2. The Bertz CT molecular complexity index is 829. The zero-order valence-corrected chi connectivity index (χ0v) is 16.0. The van der Waals surface area contributed by atoms with E-state index in [9.17, 15) is 23.3 Å². The van der Waals surface area contributed by atoms with Crippen LogP contribution < -0.4 is 4.90 Å². The van der Waals surface area contributed by atoms with E-state index in [1.807, 2.05) is 0 Å². The Morgan fingerprint density at radius 3 is 2.48 bits per heavy atom. The Kier molecular flexibility index (Phi) is 5.66. The van der Waals surface area contributed by atoms with Crippen molar-refractivity contribution < 1.29 is 22.9 Å². The third-order valence-electron chi connectivity index (χ3n) is 4.82. The van der Waals surface area contributed by atoms with Crippen molar-refractivity contribution in [3.63, 3.8) is 0 Å². The van der Waals surface area contributed by atoms with E-state index in [1.54, 1.807) is 9.80 Å². The van der Waals surface area contributed by atoms with Crippen LogP contribution >= 0.6 is 0 Å².